The van der Waals surface area contributed by atoms with Gasteiger partial charge in [0.2, 0.25) is 0 Å². The molecule has 0 aliphatic carbocycles. The lowest BCUT2D eigenvalue weighted by atomic mass is 10.0. The van der Waals surface area contributed by atoms with Crippen LogP contribution in [0.15, 0.2) is 48.8 Å². The molecule has 1 N–H and O–H groups in total. The molecule has 0 bridgehead atoms. The fourth-order valence-corrected chi connectivity index (χ4v) is 2.84. The van der Waals surface area contributed by atoms with Crippen molar-refractivity contribution in [2.75, 3.05) is 19.6 Å². The van der Waals surface area contributed by atoms with E-state index in [4.69, 9.17) is 0 Å². The van der Waals surface area contributed by atoms with Crippen LogP contribution in [0, 0.1) is 6.92 Å². The monoisotopic (exact) mass is 303 g/mol. The van der Waals surface area contributed by atoms with E-state index in [9.17, 15) is 0 Å². The molecule has 3 rings (SSSR count). The Balaban J connectivity index is 0.00000161. The van der Waals surface area contributed by atoms with Crippen molar-refractivity contribution in [3.8, 4) is 0 Å². The van der Waals surface area contributed by atoms with E-state index in [-0.39, 0.29) is 12.4 Å². The van der Waals surface area contributed by atoms with Crippen LogP contribution in [0.2, 0.25) is 0 Å². The maximum Gasteiger partial charge on any atom is 0.0491 e. The van der Waals surface area contributed by atoms with Crippen LogP contribution in [0.3, 0.4) is 0 Å². The van der Waals surface area contributed by atoms with E-state index in [2.05, 4.69) is 52.5 Å². The normalized spacial score (nSPS) is 19.0. The van der Waals surface area contributed by atoms with Gasteiger partial charge in [-0.25, -0.2) is 0 Å². The van der Waals surface area contributed by atoms with Gasteiger partial charge in [-0.3, -0.25) is 9.88 Å². The molecule has 21 heavy (non-hydrogen) atoms. The maximum absolute atomic E-state index is 4.26. The number of hydrogen-bond donors (Lipinski definition) is 1. The fraction of sp³-hybridized carbons (Fsp3) is 0.353. The highest BCUT2D eigenvalue weighted by atomic mass is 35.5. The first kappa shape index (κ1) is 16.0. The Bertz CT molecular complexity index is 559. The standard InChI is InChI=1S/C17H21N3.ClH/c1-14-5-2-3-6-16(14)13-20-10-9-19-12-17(20)15-7-4-8-18-11-15;/h2-8,11,17,19H,9-10,12-13H2,1H3;1H. The number of piperazine rings is 1. The molecule has 1 unspecified atom stereocenters. The summed E-state index contributed by atoms with van der Waals surface area (Å²) < 4.78 is 0. The van der Waals surface area contributed by atoms with Gasteiger partial charge in [-0.05, 0) is 29.7 Å². The average Bonchev–Trinajstić information content (AvgIpc) is 2.51. The molecule has 1 atom stereocenters. The highest BCUT2D eigenvalue weighted by Gasteiger charge is 2.24. The van der Waals surface area contributed by atoms with Crippen LogP contribution in [0.4, 0.5) is 0 Å². The van der Waals surface area contributed by atoms with Gasteiger partial charge in [0.15, 0.2) is 0 Å². The molecule has 0 radical (unpaired) electrons. The molecular weight excluding hydrogens is 282 g/mol. The van der Waals surface area contributed by atoms with Gasteiger partial charge in [0.05, 0.1) is 0 Å². The number of hydrogen-bond acceptors (Lipinski definition) is 3. The van der Waals surface area contributed by atoms with E-state index in [0.29, 0.717) is 6.04 Å². The van der Waals surface area contributed by atoms with Crippen LogP contribution in [0.5, 0.6) is 0 Å². The zero-order valence-corrected chi connectivity index (χ0v) is 13.1. The predicted molar refractivity (Wildman–Crippen MR) is 88.7 cm³/mol. The zero-order chi connectivity index (χ0) is 13.8. The van der Waals surface area contributed by atoms with Crippen LogP contribution in [0.25, 0.3) is 0 Å². The third kappa shape index (κ3) is 3.82. The lowest BCUT2D eigenvalue weighted by Gasteiger charge is -2.36. The Hall–Kier alpha value is -1.42. The zero-order valence-electron chi connectivity index (χ0n) is 12.3. The average molecular weight is 304 g/mol. The maximum atomic E-state index is 4.26. The molecule has 2 aromatic rings. The summed E-state index contributed by atoms with van der Waals surface area (Å²) in [5.41, 5.74) is 4.09. The Labute approximate surface area is 132 Å². The first-order chi connectivity index (χ1) is 9.84. The molecule has 4 heteroatoms. The Kier molecular flexibility index (Phi) is 5.74. The number of pyridine rings is 1. The molecule has 0 saturated carbocycles. The van der Waals surface area contributed by atoms with Gasteiger partial charge in [0.1, 0.15) is 0 Å². The number of rotatable bonds is 3. The number of nitrogens with one attached hydrogen (secondary N) is 1. The molecule has 1 aliphatic heterocycles. The van der Waals surface area contributed by atoms with Crippen LogP contribution in [-0.4, -0.2) is 29.5 Å². The third-order valence-corrected chi connectivity index (χ3v) is 4.06. The molecule has 2 heterocycles. The highest BCUT2D eigenvalue weighted by Crippen LogP contribution is 2.24. The summed E-state index contributed by atoms with van der Waals surface area (Å²) in [7, 11) is 0. The van der Waals surface area contributed by atoms with Crippen molar-refractivity contribution < 1.29 is 0 Å². The largest absolute Gasteiger partial charge is 0.314 e. The van der Waals surface area contributed by atoms with Gasteiger partial charge in [0.25, 0.3) is 0 Å². The molecule has 1 aliphatic rings. The molecular formula is C17H22ClN3. The molecule has 3 nitrogen and oxygen atoms in total. The van der Waals surface area contributed by atoms with Gasteiger partial charge >= 0.3 is 0 Å². The summed E-state index contributed by atoms with van der Waals surface area (Å²) in [6, 6.07) is 13.3. The first-order valence-corrected chi connectivity index (χ1v) is 7.24. The van der Waals surface area contributed by atoms with Gasteiger partial charge in [-0.1, -0.05) is 30.3 Å². The van der Waals surface area contributed by atoms with Crippen LogP contribution >= 0.6 is 12.4 Å². The van der Waals surface area contributed by atoms with E-state index < -0.39 is 0 Å². The fourth-order valence-electron chi connectivity index (χ4n) is 2.84. The summed E-state index contributed by atoms with van der Waals surface area (Å²) in [5.74, 6) is 0. The smallest absolute Gasteiger partial charge is 0.0491 e. The second-order valence-corrected chi connectivity index (χ2v) is 5.40. The summed E-state index contributed by atoms with van der Waals surface area (Å²) in [4.78, 5) is 6.82. The molecule has 0 amide bonds. The molecule has 1 aromatic heterocycles. The van der Waals surface area contributed by atoms with E-state index >= 15 is 0 Å². The first-order valence-electron chi connectivity index (χ1n) is 7.24. The van der Waals surface area contributed by atoms with Crippen molar-refractivity contribution in [2.24, 2.45) is 0 Å². The van der Waals surface area contributed by atoms with Crippen molar-refractivity contribution in [3.63, 3.8) is 0 Å². The minimum Gasteiger partial charge on any atom is -0.314 e. The van der Waals surface area contributed by atoms with E-state index in [0.717, 1.165) is 26.2 Å². The quantitative estimate of drug-likeness (QED) is 0.945. The molecule has 112 valence electrons. The Morgan fingerprint density at radius 1 is 1.24 bits per heavy atom. The van der Waals surface area contributed by atoms with E-state index in [1.165, 1.54) is 16.7 Å². The van der Waals surface area contributed by atoms with Gasteiger partial charge < -0.3 is 5.32 Å². The number of nitrogens with zero attached hydrogens (tertiary/aromatic N) is 2. The summed E-state index contributed by atoms with van der Waals surface area (Å²) in [6.07, 6.45) is 3.83. The minimum atomic E-state index is 0. The highest BCUT2D eigenvalue weighted by molar-refractivity contribution is 5.85. The van der Waals surface area contributed by atoms with Crippen molar-refractivity contribution in [3.05, 3.63) is 65.5 Å². The van der Waals surface area contributed by atoms with Gasteiger partial charge in [0, 0.05) is 44.6 Å². The van der Waals surface area contributed by atoms with E-state index in [1.807, 2.05) is 18.5 Å². The number of benzene rings is 1. The van der Waals surface area contributed by atoms with E-state index in [1.54, 1.807) is 0 Å². The molecule has 1 aromatic carbocycles. The molecule has 1 saturated heterocycles. The van der Waals surface area contributed by atoms with Crippen molar-refractivity contribution >= 4 is 12.4 Å². The van der Waals surface area contributed by atoms with Crippen LogP contribution in [-0.2, 0) is 6.54 Å². The SMILES string of the molecule is Cc1ccccc1CN1CCNCC1c1cccnc1.Cl. The second kappa shape index (κ2) is 7.55. The van der Waals surface area contributed by atoms with Crippen molar-refractivity contribution in [1.29, 1.82) is 0 Å². The molecule has 0 spiro atoms. The summed E-state index contributed by atoms with van der Waals surface area (Å²) in [5, 5.41) is 3.49. The third-order valence-electron chi connectivity index (χ3n) is 4.06. The minimum absolute atomic E-state index is 0. The Morgan fingerprint density at radius 3 is 2.86 bits per heavy atom. The topological polar surface area (TPSA) is 28.2 Å². The van der Waals surface area contributed by atoms with Gasteiger partial charge in [-0.15, -0.1) is 12.4 Å². The number of aromatic nitrogens is 1. The van der Waals surface area contributed by atoms with Crippen LogP contribution < -0.4 is 5.32 Å². The lowest BCUT2D eigenvalue weighted by Crippen LogP contribution is -2.45. The van der Waals surface area contributed by atoms with Crippen molar-refractivity contribution in [1.82, 2.24) is 15.2 Å². The number of aryl methyl sites for hydroxylation is 1. The second-order valence-electron chi connectivity index (χ2n) is 5.40. The van der Waals surface area contributed by atoms with Gasteiger partial charge in [-0.2, -0.15) is 0 Å². The summed E-state index contributed by atoms with van der Waals surface area (Å²) >= 11 is 0. The number of halogens is 1. The lowest BCUT2D eigenvalue weighted by molar-refractivity contribution is 0.153. The summed E-state index contributed by atoms with van der Waals surface area (Å²) in [6.45, 7) is 6.33. The predicted octanol–water partition coefficient (Wildman–Crippen LogP) is 2.96. The van der Waals surface area contributed by atoms with Crippen LogP contribution in [0.1, 0.15) is 22.7 Å². The molecule has 1 fully saturated rings. The Morgan fingerprint density at radius 2 is 2.10 bits per heavy atom. The van der Waals surface area contributed by atoms with Crippen molar-refractivity contribution in [2.45, 2.75) is 19.5 Å².